The van der Waals surface area contributed by atoms with Crippen molar-refractivity contribution >= 4 is 11.8 Å². The van der Waals surface area contributed by atoms with E-state index in [9.17, 15) is 0 Å². The number of piperazine rings is 1. The molecule has 31 heavy (non-hydrogen) atoms. The van der Waals surface area contributed by atoms with Crippen molar-refractivity contribution in [2.75, 3.05) is 51.7 Å². The van der Waals surface area contributed by atoms with Crippen LogP contribution >= 0.6 is 0 Å². The lowest BCUT2D eigenvalue weighted by molar-refractivity contribution is 0.270. The number of nitrogens with zero attached hydrogens (tertiary/aromatic N) is 7. The van der Waals surface area contributed by atoms with Gasteiger partial charge < -0.3 is 20.0 Å². The molecule has 0 atom stereocenters. The first-order chi connectivity index (χ1) is 14.9. The second-order valence-corrected chi connectivity index (χ2v) is 8.57. The monoisotopic (exact) mass is 426 g/mol. The zero-order valence-corrected chi connectivity index (χ0v) is 20.0. The molecule has 0 unspecified atom stereocenters. The van der Waals surface area contributed by atoms with Crippen molar-refractivity contribution in [3.05, 3.63) is 41.3 Å². The molecule has 3 rings (SSSR count). The number of aromatic nitrogens is 3. The Morgan fingerprint density at radius 1 is 1.23 bits per heavy atom. The summed E-state index contributed by atoms with van der Waals surface area (Å²) in [5.74, 6) is 2.33. The maximum atomic E-state index is 4.71. The average molecular weight is 427 g/mol. The number of anilines is 1. The summed E-state index contributed by atoms with van der Waals surface area (Å²) in [5.41, 5.74) is 3.52. The first-order valence-corrected chi connectivity index (χ1v) is 11.3. The van der Waals surface area contributed by atoms with Crippen LogP contribution in [0.25, 0.3) is 0 Å². The van der Waals surface area contributed by atoms with Gasteiger partial charge in [0, 0.05) is 78.4 Å². The molecular weight excluding hydrogens is 388 g/mol. The van der Waals surface area contributed by atoms with Crippen molar-refractivity contribution in [3.63, 3.8) is 0 Å². The molecule has 1 aliphatic heterocycles. The molecule has 0 bridgehead atoms. The van der Waals surface area contributed by atoms with Gasteiger partial charge in [-0.25, -0.2) is 4.98 Å². The molecule has 1 aliphatic rings. The average Bonchev–Trinajstić information content (AvgIpc) is 3.15. The van der Waals surface area contributed by atoms with Crippen LogP contribution in [0.4, 0.5) is 5.82 Å². The summed E-state index contributed by atoms with van der Waals surface area (Å²) in [6.45, 7) is 13.5. The lowest BCUT2D eigenvalue weighted by Gasteiger charge is -2.34. The lowest BCUT2D eigenvalue weighted by Crippen LogP contribution is -2.46. The van der Waals surface area contributed by atoms with E-state index in [-0.39, 0.29) is 0 Å². The van der Waals surface area contributed by atoms with Gasteiger partial charge in [-0.15, -0.1) is 0 Å². The van der Waals surface area contributed by atoms with E-state index >= 15 is 0 Å². The predicted octanol–water partition coefficient (Wildman–Crippen LogP) is 2.29. The third-order valence-corrected chi connectivity index (χ3v) is 5.87. The van der Waals surface area contributed by atoms with Gasteiger partial charge in [0.05, 0.1) is 5.69 Å². The van der Waals surface area contributed by atoms with Crippen LogP contribution in [-0.4, -0.2) is 77.3 Å². The number of rotatable bonds is 7. The first-order valence-electron chi connectivity index (χ1n) is 11.3. The van der Waals surface area contributed by atoms with Gasteiger partial charge in [0.1, 0.15) is 5.82 Å². The number of guanidine groups is 1. The minimum atomic E-state index is 0.397. The van der Waals surface area contributed by atoms with E-state index in [4.69, 9.17) is 4.98 Å². The van der Waals surface area contributed by atoms with Gasteiger partial charge >= 0.3 is 0 Å². The van der Waals surface area contributed by atoms with Crippen LogP contribution in [0.5, 0.6) is 0 Å². The highest BCUT2D eigenvalue weighted by atomic mass is 15.3. The highest BCUT2D eigenvalue weighted by Crippen LogP contribution is 2.19. The molecule has 2 aromatic heterocycles. The van der Waals surface area contributed by atoms with Gasteiger partial charge in [0.15, 0.2) is 5.96 Å². The molecule has 0 aliphatic carbocycles. The molecule has 0 amide bonds. The predicted molar refractivity (Wildman–Crippen MR) is 128 cm³/mol. The molecule has 8 nitrogen and oxygen atoms in total. The van der Waals surface area contributed by atoms with Crippen LogP contribution in [0.3, 0.4) is 0 Å². The van der Waals surface area contributed by atoms with Crippen molar-refractivity contribution in [2.24, 2.45) is 12.0 Å². The fourth-order valence-electron chi connectivity index (χ4n) is 4.06. The number of hydrogen-bond acceptors (Lipinski definition) is 5. The maximum absolute atomic E-state index is 4.71. The Bertz CT molecular complexity index is 847. The number of hydrogen-bond donors (Lipinski definition) is 1. The van der Waals surface area contributed by atoms with E-state index < -0.39 is 0 Å². The Balaban J connectivity index is 1.54. The minimum Gasteiger partial charge on any atom is -0.354 e. The summed E-state index contributed by atoms with van der Waals surface area (Å²) >= 11 is 0. The van der Waals surface area contributed by atoms with Crippen molar-refractivity contribution in [1.82, 2.24) is 29.9 Å². The molecule has 3 heterocycles. The van der Waals surface area contributed by atoms with Gasteiger partial charge in [-0.1, -0.05) is 26.8 Å². The van der Waals surface area contributed by atoms with Gasteiger partial charge in [0.25, 0.3) is 0 Å². The van der Waals surface area contributed by atoms with Crippen LogP contribution in [0, 0.1) is 0 Å². The van der Waals surface area contributed by atoms with E-state index in [1.165, 1.54) is 5.56 Å². The lowest BCUT2D eigenvalue weighted by atomic mass is 10.1. The summed E-state index contributed by atoms with van der Waals surface area (Å²) in [4.78, 5) is 16.2. The fraction of sp³-hybridized carbons (Fsp3) is 0.609. The quantitative estimate of drug-likeness (QED) is 0.541. The smallest absolute Gasteiger partial charge is 0.193 e. The summed E-state index contributed by atoms with van der Waals surface area (Å²) in [6, 6.07) is 4.29. The first kappa shape index (κ1) is 23.1. The third-order valence-electron chi connectivity index (χ3n) is 5.87. The Morgan fingerprint density at radius 3 is 2.55 bits per heavy atom. The second-order valence-electron chi connectivity index (χ2n) is 8.57. The largest absolute Gasteiger partial charge is 0.354 e. The van der Waals surface area contributed by atoms with E-state index in [2.05, 4.69) is 76.3 Å². The molecule has 1 fully saturated rings. The minimum absolute atomic E-state index is 0.397. The van der Waals surface area contributed by atoms with E-state index in [1.807, 2.05) is 25.0 Å². The topological polar surface area (TPSA) is 64.8 Å². The van der Waals surface area contributed by atoms with Crippen LogP contribution < -0.4 is 10.2 Å². The van der Waals surface area contributed by atoms with Crippen LogP contribution in [0.2, 0.25) is 0 Å². The molecule has 2 aromatic rings. The van der Waals surface area contributed by atoms with Crippen molar-refractivity contribution in [2.45, 2.75) is 39.8 Å². The fourth-order valence-corrected chi connectivity index (χ4v) is 4.06. The third kappa shape index (κ3) is 5.97. The number of aliphatic imine (C=N–C) groups is 1. The normalized spacial score (nSPS) is 15.6. The van der Waals surface area contributed by atoms with Crippen molar-refractivity contribution in [1.29, 1.82) is 0 Å². The Kier molecular flexibility index (Phi) is 7.90. The van der Waals surface area contributed by atoms with Crippen molar-refractivity contribution in [3.8, 4) is 0 Å². The maximum Gasteiger partial charge on any atom is 0.193 e. The molecular formula is C23H38N8. The van der Waals surface area contributed by atoms with E-state index in [0.29, 0.717) is 12.5 Å². The molecule has 0 spiro atoms. The molecule has 0 saturated carbocycles. The summed E-state index contributed by atoms with van der Waals surface area (Å²) < 4.78 is 1.89. The summed E-state index contributed by atoms with van der Waals surface area (Å²) in [7, 11) is 5.86. The number of pyridine rings is 1. The number of likely N-dealkylation sites (N-methyl/N-ethyl adjacent to an activating group) is 1. The molecule has 1 N–H and O–H groups in total. The highest BCUT2D eigenvalue weighted by molar-refractivity contribution is 5.79. The Hall–Kier alpha value is -2.61. The summed E-state index contributed by atoms with van der Waals surface area (Å²) in [5, 5.41) is 8.07. The van der Waals surface area contributed by atoms with Crippen LogP contribution in [-0.2, 0) is 20.1 Å². The number of aryl methyl sites for hydroxylation is 1. The van der Waals surface area contributed by atoms with Crippen LogP contribution in [0.15, 0.2) is 29.5 Å². The molecule has 1 saturated heterocycles. The second kappa shape index (κ2) is 10.6. The van der Waals surface area contributed by atoms with Crippen LogP contribution in [0.1, 0.15) is 43.5 Å². The molecule has 0 radical (unpaired) electrons. The Labute approximate surface area is 187 Å². The molecule has 170 valence electrons. The molecule has 8 heteroatoms. The summed E-state index contributed by atoms with van der Waals surface area (Å²) in [6.07, 6.45) is 4.07. The molecule has 0 aromatic carbocycles. The van der Waals surface area contributed by atoms with E-state index in [1.54, 1.807) is 0 Å². The zero-order valence-electron chi connectivity index (χ0n) is 20.0. The SMILES string of the molecule is CCN1CCN(c2ccc(CNC(=NC)N(C)Cc3cn(C)nc3C(C)C)cn2)CC1. The van der Waals surface area contributed by atoms with E-state index in [0.717, 1.165) is 62.3 Å². The zero-order chi connectivity index (χ0) is 22.4. The van der Waals surface area contributed by atoms with Gasteiger partial charge in [0.2, 0.25) is 0 Å². The van der Waals surface area contributed by atoms with Gasteiger partial charge in [-0.3, -0.25) is 9.67 Å². The number of nitrogens with one attached hydrogen (secondary N) is 1. The van der Waals surface area contributed by atoms with Crippen molar-refractivity contribution < 1.29 is 0 Å². The highest BCUT2D eigenvalue weighted by Gasteiger charge is 2.17. The standard InChI is InChI=1S/C23H38N8/c1-7-30-10-12-31(13-11-30)21-9-8-19(14-25-21)15-26-23(24-4)28(5)16-20-17-29(6)27-22(20)18(2)3/h8-9,14,17-18H,7,10-13,15-16H2,1-6H3,(H,24,26). The Morgan fingerprint density at radius 2 is 1.97 bits per heavy atom. The van der Waals surface area contributed by atoms with Gasteiger partial charge in [-0.05, 0) is 24.1 Å². The van der Waals surface area contributed by atoms with Gasteiger partial charge in [-0.2, -0.15) is 5.10 Å².